The first-order valence-electron chi connectivity index (χ1n) is 11.4. The second-order valence-corrected chi connectivity index (χ2v) is 8.13. The number of hydrogen-bond donors (Lipinski definition) is 3. The summed E-state index contributed by atoms with van der Waals surface area (Å²) in [6.07, 6.45) is 4.59. The zero-order valence-electron chi connectivity index (χ0n) is 18.6. The smallest absolute Gasteiger partial charge is 0.255 e. The second kappa shape index (κ2) is 11.7. The Hall–Kier alpha value is -2.78. The van der Waals surface area contributed by atoms with E-state index in [1.54, 1.807) is 18.2 Å². The van der Waals surface area contributed by atoms with Crippen molar-refractivity contribution < 1.29 is 23.9 Å². The molecule has 2 aliphatic rings. The maximum atomic E-state index is 12.8. The number of fused-ring (bicyclic) bond motifs is 1. The topological polar surface area (TPSA) is 117 Å². The van der Waals surface area contributed by atoms with Gasteiger partial charge in [0.2, 0.25) is 17.7 Å². The Morgan fingerprint density at radius 1 is 1.19 bits per heavy atom. The van der Waals surface area contributed by atoms with Crippen molar-refractivity contribution >= 4 is 29.3 Å². The monoisotopic (exact) mass is 444 g/mol. The third kappa shape index (κ3) is 6.14. The van der Waals surface area contributed by atoms with E-state index in [0.29, 0.717) is 23.2 Å². The highest BCUT2D eigenvalue weighted by Crippen LogP contribution is 2.32. The van der Waals surface area contributed by atoms with E-state index in [4.69, 9.17) is 4.74 Å². The molecule has 0 spiro atoms. The number of nitrogens with zero attached hydrogens (tertiary/aromatic N) is 1. The molecule has 0 radical (unpaired) electrons. The standard InChI is InChI=1S/C23H32N4O5/c1-2-3-12-32-13-5-4-11-24-14-21(29)25-18-8-6-7-16-17(18)15-27(23(16)31)19-9-10-20(28)26-22(19)30/h6-8,19,24H,2-5,9-15H2,1H3,(H,25,29)(H,26,28,30). The molecule has 3 N–H and O–H groups in total. The summed E-state index contributed by atoms with van der Waals surface area (Å²) in [6, 6.07) is 4.49. The van der Waals surface area contributed by atoms with Crippen LogP contribution in [0.4, 0.5) is 5.69 Å². The minimum atomic E-state index is -0.677. The Balaban J connectivity index is 1.46. The number of rotatable bonds is 12. The lowest BCUT2D eigenvalue weighted by Crippen LogP contribution is -2.52. The number of carbonyl (C=O) groups excluding carboxylic acids is 4. The Kier molecular flexibility index (Phi) is 8.75. The van der Waals surface area contributed by atoms with Crippen LogP contribution in [-0.4, -0.2) is 60.9 Å². The number of imide groups is 1. The van der Waals surface area contributed by atoms with Crippen LogP contribution in [0.25, 0.3) is 0 Å². The lowest BCUT2D eigenvalue weighted by molar-refractivity contribution is -0.137. The van der Waals surface area contributed by atoms with Crippen LogP contribution in [0.5, 0.6) is 0 Å². The van der Waals surface area contributed by atoms with Gasteiger partial charge in [-0.2, -0.15) is 0 Å². The number of carbonyl (C=O) groups is 4. The zero-order chi connectivity index (χ0) is 22.9. The number of anilines is 1. The molecule has 2 aliphatic heterocycles. The summed E-state index contributed by atoms with van der Waals surface area (Å²) < 4.78 is 5.52. The molecule has 2 heterocycles. The van der Waals surface area contributed by atoms with E-state index >= 15 is 0 Å². The molecule has 0 aromatic heterocycles. The van der Waals surface area contributed by atoms with Crippen LogP contribution in [0.15, 0.2) is 18.2 Å². The van der Waals surface area contributed by atoms with Gasteiger partial charge in [0.05, 0.1) is 6.54 Å². The van der Waals surface area contributed by atoms with Gasteiger partial charge in [0.15, 0.2) is 0 Å². The summed E-state index contributed by atoms with van der Waals surface area (Å²) in [5.74, 6) is -1.22. The van der Waals surface area contributed by atoms with Gasteiger partial charge in [-0.1, -0.05) is 19.4 Å². The fourth-order valence-electron chi connectivity index (χ4n) is 3.90. The first-order chi connectivity index (χ1) is 15.5. The molecule has 0 saturated carbocycles. The molecule has 1 saturated heterocycles. The van der Waals surface area contributed by atoms with Crippen LogP contribution in [0.2, 0.25) is 0 Å². The van der Waals surface area contributed by atoms with Gasteiger partial charge in [-0.15, -0.1) is 0 Å². The third-order valence-electron chi connectivity index (χ3n) is 5.68. The van der Waals surface area contributed by atoms with Gasteiger partial charge in [-0.25, -0.2) is 0 Å². The fraction of sp³-hybridized carbons (Fsp3) is 0.565. The Labute approximate surface area is 188 Å². The predicted molar refractivity (Wildman–Crippen MR) is 119 cm³/mol. The van der Waals surface area contributed by atoms with Crippen molar-refractivity contribution in [1.29, 1.82) is 0 Å². The van der Waals surface area contributed by atoms with Gasteiger partial charge in [0, 0.05) is 43.0 Å². The summed E-state index contributed by atoms with van der Waals surface area (Å²) >= 11 is 0. The molecule has 1 aromatic carbocycles. The summed E-state index contributed by atoms with van der Waals surface area (Å²) in [6.45, 7) is 4.79. The molecule has 0 aliphatic carbocycles. The lowest BCUT2D eigenvalue weighted by Gasteiger charge is -2.29. The van der Waals surface area contributed by atoms with Crippen molar-refractivity contribution in [3.63, 3.8) is 0 Å². The molecule has 1 unspecified atom stereocenters. The SMILES string of the molecule is CCCCOCCCCNCC(=O)Nc1cccc2c1CN(C1CCC(=O)NC1=O)C2=O. The highest BCUT2D eigenvalue weighted by molar-refractivity contribution is 6.06. The number of piperidine rings is 1. The molecular formula is C23H32N4O5. The molecule has 174 valence electrons. The number of benzene rings is 1. The van der Waals surface area contributed by atoms with Gasteiger partial charge in [-0.05, 0) is 44.4 Å². The van der Waals surface area contributed by atoms with Crippen LogP contribution in [-0.2, 0) is 25.7 Å². The van der Waals surface area contributed by atoms with Crippen LogP contribution in [0.1, 0.15) is 61.4 Å². The lowest BCUT2D eigenvalue weighted by atomic mass is 10.0. The highest BCUT2D eigenvalue weighted by atomic mass is 16.5. The van der Waals surface area contributed by atoms with Gasteiger partial charge >= 0.3 is 0 Å². The summed E-state index contributed by atoms with van der Waals surface area (Å²) in [7, 11) is 0. The highest BCUT2D eigenvalue weighted by Gasteiger charge is 2.39. The zero-order valence-corrected chi connectivity index (χ0v) is 18.6. The number of unbranched alkanes of at least 4 members (excludes halogenated alkanes) is 2. The number of nitrogens with one attached hydrogen (secondary N) is 3. The molecule has 9 nitrogen and oxygen atoms in total. The normalized spacial score (nSPS) is 18.0. The van der Waals surface area contributed by atoms with Crippen molar-refractivity contribution in [2.24, 2.45) is 0 Å². The van der Waals surface area contributed by atoms with E-state index in [2.05, 4.69) is 22.9 Å². The van der Waals surface area contributed by atoms with Crippen molar-refractivity contribution in [3.8, 4) is 0 Å². The summed E-state index contributed by atoms with van der Waals surface area (Å²) in [5.41, 5.74) is 1.74. The van der Waals surface area contributed by atoms with E-state index in [9.17, 15) is 19.2 Å². The first kappa shape index (κ1) is 23.9. The van der Waals surface area contributed by atoms with Crippen LogP contribution >= 0.6 is 0 Å². The Morgan fingerprint density at radius 2 is 2.00 bits per heavy atom. The first-order valence-corrected chi connectivity index (χ1v) is 11.4. The minimum Gasteiger partial charge on any atom is -0.381 e. The van der Waals surface area contributed by atoms with Crippen molar-refractivity contribution in [2.45, 2.75) is 58.0 Å². The van der Waals surface area contributed by atoms with E-state index in [0.717, 1.165) is 45.4 Å². The van der Waals surface area contributed by atoms with Crippen molar-refractivity contribution in [2.75, 3.05) is 31.6 Å². The van der Waals surface area contributed by atoms with E-state index in [1.807, 2.05) is 0 Å². The third-order valence-corrected chi connectivity index (χ3v) is 5.68. The average Bonchev–Trinajstić information content (AvgIpc) is 3.10. The van der Waals surface area contributed by atoms with Crippen LogP contribution < -0.4 is 16.0 Å². The quantitative estimate of drug-likeness (QED) is 0.333. The van der Waals surface area contributed by atoms with Crippen molar-refractivity contribution in [3.05, 3.63) is 29.3 Å². The maximum absolute atomic E-state index is 12.8. The number of ether oxygens (including phenoxy) is 1. The van der Waals surface area contributed by atoms with Gasteiger partial charge in [-0.3, -0.25) is 24.5 Å². The Morgan fingerprint density at radius 3 is 2.78 bits per heavy atom. The number of amides is 4. The molecule has 32 heavy (non-hydrogen) atoms. The minimum absolute atomic E-state index is 0.172. The fourth-order valence-corrected chi connectivity index (χ4v) is 3.90. The van der Waals surface area contributed by atoms with Gasteiger partial charge < -0.3 is 20.3 Å². The average molecular weight is 445 g/mol. The molecule has 1 aromatic rings. The van der Waals surface area contributed by atoms with Crippen LogP contribution in [0.3, 0.4) is 0 Å². The van der Waals surface area contributed by atoms with Gasteiger partial charge in [0.1, 0.15) is 6.04 Å². The van der Waals surface area contributed by atoms with E-state index < -0.39 is 11.9 Å². The largest absolute Gasteiger partial charge is 0.381 e. The van der Waals surface area contributed by atoms with Gasteiger partial charge in [0.25, 0.3) is 5.91 Å². The van der Waals surface area contributed by atoms with E-state index in [1.165, 1.54) is 4.90 Å². The number of hydrogen-bond acceptors (Lipinski definition) is 6. The molecule has 3 rings (SSSR count). The summed E-state index contributed by atoms with van der Waals surface area (Å²) in [5, 5.41) is 8.29. The van der Waals surface area contributed by atoms with E-state index in [-0.39, 0.29) is 37.2 Å². The molecule has 1 atom stereocenters. The van der Waals surface area contributed by atoms with Crippen LogP contribution in [0, 0.1) is 0 Å². The molecule has 0 bridgehead atoms. The molecule has 9 heteroatoms. The molecular weight excluding hydrogens is 412 g/mol. The Bertz CT molecular complexity index is 857. The maximum Gasteiger partial charge on any atom is 0.255 e. The second-order valence-electron chi connectivity index (χ2n) is 8.13. The molecule has 1 fully saturated rings. The summed E-state index contributed by atoms with van der Waals surface area (Å²) in [4.78, 5) is 50.3. The van der Waals surface area contributed by atoms with Crippen molar-refractivity contribution in [1.82, 2.24) is 15.5 Å². The molecule has 4 amide bonds. The predicted octanol–water partition coefficient (Wildman–Crippen LogP) is 1.57.